The second-order valence-corrected chi connectivity index (χ2v) is 7.24. The second-order valence-electron chi connectivity index (χ2n) is 5.86. The van der Waals surface area contributed by atoms with Crippen molar-refractivity contribution in [2.24, 2.45) is 5.10 Å². The summed E-state index contributed by atoms with van der Waals surface area (Å²) >= 11 is 7.47. The first kappa shape index (κ1) is 18.6. The highest BCUT2D eigenvalue weighted by molar-refractivity contribution is 7.99. The van der Waals surface area contributed by atoms with E-state index in [1.54, 1.807) is 42.8 Å². The molecule has 1 aromatic heterocycles. The SMILES string of the molecule is COc1ccc(C2=Nn3c(COc4ccc(Cl)cc4)nnc3SC2)cc1OC. The molecule has 2 aromatic carbocycles. The normalized spacial score (nSPS) is 12.9. The molecule has 0 unspecified atom stereocenters. The lowest BCUT2D eigenvalue weighted by Gasteiger charge is -2.15. The molecule has 28 heavy (non-hydrogen) atoms. The number of methoxy groups -OCH3 is 2. The number of aromatic nitrogens is 3. The Morgan fingerprint density at radius 2 is 1.82 bits per heavy atom. The largest absolute Gasteiger partial charge is 0.493 e. The molecule has 144 valence electrons. The molecule has 0 atom stereocenters. The van der Waals surface area contributed by atoms with Crippen LogP contribution in [-0.4, -0.2) is 40.6 Å². The summed E-state index contributed by atoms with van der Waals surface area (Å²) in [5.74, 6) is 3.35. The summed E-state index contributed by atoms with van der Waals surface area (Å²) in [6, 6.07) is 12.9. The van der Waals surface area contributed by atoms with Crippen LogP contribution in [0.3, 0.4) is 0 Å². The van der Waals surface area contributed by atoms with Gasteiger partial charge in [0.15, 0.2) is 17.3 Å². The lowest BCUT2D eigenvalue weighted by atomic mass is 10.1. The predicted octanol–water partition coefficient (Wildman–Crippen LogP) is 3.89. The molecule has 4 rings (SSSR count). The number of nitrogens with zero attached hydrogens (tertiary/aromatic N) is 4. The summed E-state index contributed by atoms with van der Waals surface area (Å²) < 4.78 is 18.2. The molecule has 0 amide bonds. The number of rotatable bonds is 6. The molecule has 9 heteroatoms. The van der Waals surface area contributed by atoms with E-state index >= 15 is 0 Å². The van der Waals surface area contributed by atoms with E-state index in [0.29, 0.717) is 33.8 Å². The molecule has 0 aliphatic carbocycles. The zero-order chi connectivity index (χ0) is 19.5. The van der Waals surface area contributed by atoms with Gasteiger partial charge in [0, 0.05) is 16.3 Å². The Morgan fingerprint density at radius 1 is 1.04 bits per heavy atom. The standard InChI is InChI=1S/C19H17ClN4O3S/c1-25-16-8-3-12(9-17(16)26-2)15-11-28-19-22-21-18(24(19)23-15)10-27-14-6-4-13(20)5-7-14/h3-9H,10-11H2,1-2H3. The van der Waals surface area contributed by atoms with Crippen LogP contribution in [0, 0.1) is 0 Å². The topological polar surface area (TPSA) is 70.8 Å². The van der Waals surface area contributed by atoms with Crippen molar-refractivity contribution in [3.63, 3.8) is 0 Å². The Bertz CT molecular complexity index is 1020. The minimum atomic E-state index is 0.248. The third kappa shape index (κ3) is 3.79. The van der Waals surface area contributed by atoms with Gasteiger partial charge in [0.2, 0.25) is 5.16 Å². The first-order valence-corrected chi connectivity index (χ1v) is 9.80. The van der Waals surface area contributed by atoms with Gasteiger partial charge >= 0.3 is 0 Å². The highest BCUT2D eigenvalue weighted by Crippen LogP contribution is 2.30. The van der Waals surface area contributed by atoms with Crippen LogP contribution in [-0.2, 0) is 6.61 Å². The maximum absolute atomic E-state index is 5.90. The van der Waals surface area contributed by atoms with Crippen LogP contribution in [0.4, 0.5) is 0 Å². The van der Waals surface area contributed by atoms with Crippen LogP contribution in [0.5, 0.6) is 17.2 Å². The van der Waals surface area contributed by atoms with E-state index in [1.807, 2.05) is 30.3 Å². The van der Waals surface area contributed by atoms with E-state index < -0.39 is 0 Å². The Kier molecular flexibility index (Phi) is 5.40. The summed E-state index contributed by atoms with van der Waals surface area (Å²) in [6.45, 7) is 0.248. The highest BCUT2D eigenvalue weighted by atomic mass is 35.5. The van der Waals surface area contributed by atoms with E-state index in [1.165, 1.54) is 0 Å². The van der Waals surface area contributed by atoms with Crippen LogP contribution in [0.25, 0.3) is 0 Å². The van der Waals surface area contributed by atoms with Crippen molar-refractivity contribution in [1.82, 2.24) is 14.9 Å². The van der Waals surface area contributed by atoms with E-state index in [-0.39, 0.29) is 6.61 Å². The summed E-state index contributed by atoms with van der Waals surface area (Å²) in [4.78, 5) is 0. The Hall–Kier alpha value is -2.71. The number of thioether (sulfide) groups is 1. The van der Waals surface area contributed by atoms with Crippen molar-refractivity contribution in [1.29, 1.82) is 0 Å². The molecular formula is C19H17ClN4O3S. The number of ether oxygens (including phenoxy) is 3. The van der Waals surface area contributed by atoms with Gasteiger partial charge in [-0.05, 0) is 42.5 Å². The first-order chi connectivity index (χ1) is 13.7. The summed E-state index contributed by atoms with van der Waals surface area (Å²) in [6.07, 6.45) is 0. The maximum atomic E-state index is 5.90. The van der Waals surface area contributed by atoms with E-state index in [0.717, 1.165) is 16.4 Å². The van der Waals surface area contributed by atoms with Gasteiger partial charge in [0.25, 0.3) is 0 Å². The summed E-state index contributed by atoms with van der Waals surface area (Å²) in [7, 11) is 3.23. The summed E-state index contributed by atoms with van der Waals surface area (Å²) in [5.41, 5.74) is 1.85. The second kappa shape index (κ2) is 8.12. The average molecular weight is 417 g/mol. The number of hydrogen-bond acceptors (Lipinski definition) is 7. The van der Waals surface area contributed by atoms with Gasteiger partial charge in [-0.25, -0.2) is 0 Å². The molecule has 1 aliphatic rings. The molecular weight excluding hydrogens is 400 g/mol. The minimum absolute atomic E-state index is 0.248. The third-order valence-corrected chi connectivity index (χ3v) is 5.32. The Labute approximate surface area is 171 Å². The molecule has 0 N–H and O–H groups in total. The number of fused-ring (bicyclic) bond motifs is 1. The van der Waals surface area contributed by atoms with Crippen LogP contribution in [0.1, 0.15) is 11.4 Å². The van der Waals surface area contributed by atoms with Gasteiger partial charge in [-0.2, -0.15) is 9.78 Å². The third-order valence-electron chi connectivity index (χ3n) is 4.13. The molecule has 7 nitrogen and oxygen atoms in total. The number of halogens is 1. The molecule has 3 aromatic rings. The molecule has 0 saturated carbocycles. The number of benzene rings is 2. The molecule has 2 heterocycles. The van der Waals surface area contributed by atoms with Gasteiger partial charge in [-0.3, -0.25) is 0 Å². The van der Waals surface area contributed by atoms with E-state index in [2.05, 4.69) is 10.2 Å². The van der Waals surface area contributed by atoms with Crippen molar-refractivity contribution in [2.45, 2.75) is 11.8 Å². The summed E-state index contributed by atoms with van der Waals surface area (Å²) in [5, 5.41) is 14.5. The van der Waals surface area contributed by atoms with Crippen molar-refractivity contribution in [3.8, 4) is 17.2 Å². The molecule has 0 saturated heterocycles. The van der Waals surface area contributed by atoms with Crippen LogP contribution >= 0.6 is 23.4 Å². The van der Waals surface area contributed by atoms with Crippen molar-refractivity contribution in [3.05, 3.63) is 58.9 Å². The quantitative estimate of drug-likeness (QED) is 0.607. The highest BCUT2D eigenvalue weighted by Gasteiger charge is 2.21. The van der Waals surface area contributed by atoms with Gasteiger partial charge < -0.3 is 14.2 Å². The zero-order valence-electron chi connectivity index (χ0n) is 15.3. The van der Waals surface area contributed by atoms with Crippen LogP contribution in [0.15, 0.2) is 52.7 Å². The fraction of sp³-hybridized carbons (Fsp3) is 0.211. The molecule has 0 radical (unpaired) electrons. The molecule has 0 bridgehead atoms. The van der Waals surface area contributed by atoms with Crippen molar-refractivity contribution in [2.75, 3.05) is 20.0 Å². The van der Waals surface area contributed by atoms with E-state index in [4.69, 9.17) is 30.9 Å². The fourth-order valence-corrected chi connectivity index (χ4v) is 3.68. The monoisotopic (exact) mass is 416 g/mol. The minimum Gasteiger partial charge on any atom is -0.493 e. The van der Waals surface area contributed by atoms with Gasteiger partial charge in [0.1, 0.15) is 12.4 Å². The zero-order valence-corrected chi connectivity index (χ0v) is 16.8. The van der Waals surface area contributed by atoms with Gasteiger partial charge in [-0.1, -0.05) is 23.4 Å². The Balaban J connectivity index is 1.58. The first-order valence-electron chi connectivity index (χ1n) is 8.43. The smallest absolute Gasteiger partial charge is 0.212 e. The van der Waals surface area contributed by atoms with Crippen LogP contribution in [0.2, 0.25) is 5.02 Å². The lowest BCUT2D eigenvalue weighted by Crippen LogP contribution is -2.15. The number of hydrogen-bond donors (Lipinski definition) is 0. The maximum Gasteiger partial charge on any atom is 0.212 e. The Morgan fingerprint density at radius 3 is 2.57 bits per heavy atom. The molecule has 1 aliphatic heterocycles. The van der Waals surface area contributed by atoms with Crippen molar-refractivity contribution < 1.29 is 14.2 Å². The molecule has 0 fully saturated rings. The lowest BCUT2D eigenvalue weighted by molar-refractivity contribution is 0.290. The fourth-order valence-electron chi connectivity index (χ4n) is 2.69. The average Bonchev–Trinajstić information content (AvgIpc) is 3.15. The van der Waals surface area contributed by atoms with E-state index in [9.17, 15) is 0 Å². The molecule has 0 spiro atoms. The van der Waals surface area contributed by atoms with Crippen molar-refractivity contribution >= 4 is 29.1 Å². The van der Waals surface area contributed by atoms with Gasteiger partial charge in [-0.15, -0.1) is 10.2 Å². The van der Waals surface area contributed by atoms with Crippen LogP contribution < -0.4 is 14.2 Å². The predicted molar refractivity (Wildman–Crippen MR) is 108 cm³/mol. The van der Waals surface area contributed by atoms with Gasteiger partial charge in [0.05, 0.1) is 19.9 Å².